The van der Waals surface area contributed by atoms with E-state index in [0.29, 0.717) is 28.0 Å². The number of carbonyl (C=O) groups excluding carboxylic acids is 1. The predicted molar refractivity (Wildman–Crippen MR) is 109 cm³/mol. The zero-order chi connectivity index (χ0) is 19.7. The molecule has 142 valence electrons. The van der Waals surface area contributed by atoms with Crippen LogP contribution in [-0.2, 0) is 11.2 Å². The minimum absolute atomic E-state index is 0.0683. The van der Waals surface area contributed by atoms with Crippen LogP contribution in [0.3, 0.4) is 0 Å². The number of nitrogens with zero attached hydrogens (tertiary/aromatic N) is 3. The average molecular weight is 394 g/mol. The van der Waals surface area contributed by atoms with Gasteiger partial charge in [0.25, 0.3) is 5.56 Å². The van der Waals surface area contributed by atoms with Gasteiger partial charge >= 0.3 is 5.69 Å². The Morgan fingerprint density at radius 2 is 2.14 bits per heavy atom. The average Bonchev–Trinajstić information content (AvgIpc) is 3.32. The first kappa shape index (κ1) is 18.2. The number of Topliss-reactive ketones (excluding diaryl/α,β-unsaturated/α-hetero) is 1. The number of thiazole rings is 1. The third-order valence-corrected chi connectivity index (χ3v) is 5.55. The number of para-hydroxylation sites is 1. The fraction of sp³-hybridized carbons (Fsp3) is 0.250. The zero-order valence-electron chi connectivity index (χ0n) is 15.2. The van der Waals surface area contributed by atoms with Crippen molar-refractivity contribution in [1.82, 2.24) is 14.5 Å². The number of fused-ring (bicyclic) bond motifs is 1. The van der Waals surface area contributed by atoms with Crippen LogP contribution in [0.4, 0.5) is 0 Å². The van der Waals surface area contributed by atoms with E-state index in [-0.39, 0.29) is 18.6 Å². The molecular formula is C20H18N4O3S. The Hall–Kier alpha value is -3.13. The highest BCUT2D eigenvalue weighted by atomic mass is 32.1. The summed E-state index contributed by atoms with van der Waals surface area (Å²) in [4.78, 5) is 51.1. The minimum Gasteiger partial charge on any atom is -0.307 e. The number of allylic oxidation sites excluding steroid dienone is 2. The van der Waals surface area contributed by atoms with Gasteiger partial charge in [0.1, 0.15) is 11.0 Å². The summed E-state index contributed by atoms with van der Waals surface area (Å²) in [7, 11) is 0. The van der Waals surface area contributed by atoms with Crippen LogP contribution in [0.1, 0.15) is 28.8 Å². The number of rotatable bonds is 6. The van der Waals surface area contributed by atoms with Crippen LogP contribution in [-0.4, -0.2) is 26.5 Å². The van der Waals surface area contributed by atoms with Crippen LogP contribution in [0.5, 0.6) is 0 Å². The highest BCUT2D eigenvalue weighted by molar-refractivity contribution is 7.11. The third-order valence-electron chi connectivity index (χ3n) is 4.63. The molecule has 1 aliphatic rings. The molecule has 0 amide bonds. The molecule has 28 heavy (non-hydrogen) atoms. The van der Waals surface area contributed by atoms with E-state index in [1.54, 1.807) is 36.7 Å². The van der Waals surface area contributed by atoms with Gasteiger partial charge in [0, 0.05) is 35.8 Å². The molecule has 0 saturated carbocycles. The number of aromatic nitrogens is 3. The van der Waals surface area contributed by atoms with Crippen molar-refractivity contribution in [3.8, 4) is 0 Å². The van der Waals surface area contributed by atoms with E-state index in [4.69, 9.17) is 0 Å². The number of aromatic amines is 1. The summed E-state index contributed by atoms with van der Waals surface area (Å²) in [5, 5.41) is 1.04. The molecule has 2 aromatic heterocycles. The number of aryl methyl sites for hydroxylation is 1. The van der Waals surface area contributed by atoms with Gasteiger partial charge < -0.3 is 4.98 Å². The maximum absolute atomic E-state index is 13.1. The monoisotopic (exact) mass is 394 g/mol. The molecule has 0 radical (unpaired) electrons. The van der Waals surface area contributed by atoms with Crippen molar-refractivity contribution in [3.05, 3.63) is 73.0 Å². The molecule has 3 heterocycles. The molecule has 1 aromatic carbocycles. The van der Waals surface area contributed by atoms with Crippen LogP contribution in [0.2, 0.25) is 0 Å². The third kappa shape index (κ3) is 3.50. The number of ketones is 1. The number of nitrogens with one attached hydrogen (secondary N) is 1. The lowest BCUT2D eigenvalue weighted by Gasteiger charge is -2.18. The standard InChI is InChI=1S/C20H18N4O3S/c1-12-11-22-18(28-12)10-17(25)16(9-13-5-4-8-21-13)24-19(26)14-6-2-3-7-15(14)23-20(24)27/h2-3,5-8,11,16H,4,9-10H2,1H3,(H,23,27). The summed E-state index contributed by atoms with van der Waals surface area (Å²) in [6.07, 6.45) is 6.30. The normalized spacial score (nSPS) is 14.4. The summed E-state index contributed by atoms with van der Waals surface area (Å²) in [5.74, 6) is -0.236. The molecule has 7 nitrogen and oxygen atoms in total. The smallest absolute Gasteiger partial charge is 0.307 e. The van der Waals surface area contributed by atoms with E-state index >= 15 is 0 Å². The Balaban J connectivity index is 1.80. The fourth-order valence-electron chi connectivity index (χ4n) is 3.30. The lowest BCUT2D eigenvalue weighted by Crippen LogP contribution is -2.41. The first-order chi connectivity index (χ1) is 13.5. The van der Waals surface area contributed by atoms with E-state index in [1.165, 1.54) is 11.3 Å². The van der Waals surface area contributed by atoms with Crippen LogP contribution in [0.15, 0.2) is 56.8 Å². The largest absolute Gasteiger partial charge is 0.329 e. The summed E-state index contributed by atoms with van der Waals surface area (Å²) in [6.45, 7) is 1.92. The fourth-order valence-corrected chi connectivity index (χ4v) is 4.10. The van der Waals surface area contributed by atoms with Gasteiger partial charge in [0.05, 0.1) is 17.3 Å². The first-order valence-electron chi connectivity index (χ1n) is 8.92. The zero-order valence-corrected chi connectivity index (χ0v) is 16.0. The number of hydrogen-bond donors (Lipinski definition) is 1. The highest BCUT2D eigenvalue weighted by Crippen LogP contribution is 2.23. The molecule has 0 aliphatic carbocycles. The van der Waals surface area contributed by atoms with E-state index in [9.17, 15) is 14.4 Å². The maximum atomic E-state index is 13.1. The van der Waals surface area contributed by atoms with Gasteiger partial charge in [-0.05, 0) is 19.1 Å². The Bertz CT molecular complexity index is 1230. The maximum Gasteiger partial charge on any atom is 0.329 e. The van der Waals surface area contributed by atoms with Gasteiger partial charge in [-0.3, -0.25) is 14.6 Å². The molecule has 1 aliphatic heterocycles. The lowest BCUT2D eigenvalue weighted by atomic mass is 10.0. The van der Waals surface area contributed by atoms with E-state index in [2.05, 4.69) is 15.0 Å². The summed E-state index contributed by atoms with van der Waals surface area (Å²) in [6, 6.07) is 5.84. The van der Waals surface area contributed by atoms with Crippen molar-refractivity contribution in [3.63, 3.8) is 0 Å². The second-order valence-corrected chi connectivity index (χ2v) is 7.94. The quantitative estimate of drug-likeness (QED) is 0.695. The Kier molecular flexibility index (Phi) is 4.87. The molecule has 1 atom stereocenters. The molecular weight excluding hydrogens is 376 g/mol. The SMILES string of the molecule is Cc1cnc(CC(=O)C(CC2=CCC=N2)n2c(=O)[nH]c3ccccc3c2=O)s1. The van der Waals surface area contributed by atoms with Crippen molar-refractivity contribution in [2.45, 2.75) is 32.2 Å². The lowest BCUT2D eigenvalue weighted by molar-refractivity contribution is -0.121. The number of benzene rings is 1. The predicted octanol–water partition coefficient (Wildman–Crippen LogP) is 2.56. The minimum atomic E-state index is -0.938. The van der Waals surface area contributed by atoms with Crippen LogP contribution in [0.25, 0.3) is 10.9 Å². The number of H-pyrrole nitrogens is 1. The molecule has 0 bridgehead atoms. The molecule has 0 saturated heterocycles. The molecule has 0 fully saturated rings. The Morgan fingerprint density at radius 1 is 1.32 bits per heavy atom. The Labute approximate surface area is 164 Å². The van der Waals surface area contributed by atoms with E-state index in [0.717, 1.165) is 9.44 Å². The van der Waals surface area contributed by atoms with Crippen molar-refractivity contribution < 1.29 is 4.79 Å². The number of carbonyl (C=O) groups is 1. The Morgan fingerprint density at radius 3 is 2.86 bits per heavy atom. The molecule has 4 rings (SSSR count). The first-order valence-corrected chi connectivity index (χ1v) is 9.73. The molecule has 0 spiro atoms. The van der Waals surface area contributed by atoms with E-state index in [1.807, 2.05) is 13.0 Å². The van der Waals surface area contributed by atoms with Gasteiger partial charge in [-0.1, -0.05) is 18.2 Å². The highest BCUT2D eigenvalue weighted by Gasteiger charge is 2.27. The molecule has 1 unspecified atom stereocenters. The van der Waals surface area contributed by atoms with E-state index < -0.39 is 17.3 Å². The second kappa shape index (κ2) is 7.47. The van der Waals surface area contributed by atoms with Crippen LogP contribution in [0, 0.1) is 6.92 Å². The van der Waals surface area contributed by atoms with Gasteiger partial charge in [-0.2, -0.15) is 0 Å². The van der Waals surface area contributed by atoms with Crippen molar-refractivity contribution in [2.24, 2.45) is 4.99 Å². The topological polar surface area (TPSA) is 97.2 Å². The number of hydrogen-bond acceptors (Lipinski definition) is 6. The van der Waals surface area contributed by atoms with Crippen LogP contribution >= 0.6 is 11.3 Å². The van der Waals surface area contributed by atoms with Gasteiger partial charge in [-0.15, -0.1) is 11.3 Å². The summed E-state index contributed by atoms with van der Waals surface area (Å²) < 4.78 is 1.03. The van der Waals surface area contributed by atoms with Crippen molar-refractivity contribution in [1.29, 1.82) is 0 Å². The summed E-state index contributed by atoms with van der Waals surface area (Å²) in [5.41, 5.74) is 0.0808. The van der Waals surface area contributed by atoms with Gasteiger partial charge in [-0.25, -0.2) is 14.3 Å². The van der Waals surface area contributed by atoms with Gasteiger partial charge in [0.2, 0.25) is 0 Å². The molecule has 1 N–H and O–H groups in total. The number of aliphatic imine (C=N–C) groups is 1. The van der Waals surface area contributed by atoms with Crippen molar-refractivity contribution in [2.75, 3.05) is 0 Å². The van der Waals surface area contributed by atoms with Crippen LogP contribution < -0.4 is 11.2 Å². The second-order valence-electron chi connectivity index (χ2n) is 6.62. The van der Waals surface area contributed by atoms with Crippen molar-refractivity contribution >= 4 is 34.2 Å². The molecule has 3 aromatic rings. The van der Waals surface area contributed by atoms with Gasteiger partial charge in [0.15, 0.2) is 5.78 Å². The molecule has 8 heteroatoms. The summed E-state index contributed by atoms with van der Waals surface area (Å²) >= 11 is 1.43.